The van der Waals surface area contributed by atoms with Crippen LogP contribution in [0.25, 0.3) is 0 Å². The fourth-order valence-corrected chi connectivity index (χ4v) is 2.98. The second-order valence-corrected chi connectivity index (χ2v) is 6.15. The van der Waals surface area contributed by atoms with Crippen LogP contribution in [0.5, 0.6) is 0 Å². The van der Waals surface area contributed by atoms with E-state index in [1.54, 1.807) is 16.7 Å². The Bertz CT molecular complexity index is 478. The number of rotatable bonds is 6. The predicted molar refractivity (Wildman–Crippen MR) is 82.7 cm³/mol. The van der Waals surface area contributed by atoms with Gasteiger partial charge in [-0.1, -0.05) is 6.07 Å². The summed E-state index contributed by atoms with van der Waals surface area (Å²) in [5.74, 6) is -0.126. The Morgan fingerprint density at radius 2 is 2.14 bits per heavy atom. The molecule has 1 aliphatic rings. The molecule has 21 heavy (non-hydrogen) atoms. The molecule has 1 N–H and O–H groups in total. The molecule has 0 radical (unpaired) electrons. The van der Waals surface area contributed by atoms with Gasteiger partial charge in [-0.25, -0.2) is 8.78 Å². The van der Waals surface area contributed by atoms with Crippen LogP contribution in [-0.4, -0.2) is 37.0 Å². The molecule has 1 aliphatic heterocycles. The first-order valence-corrected chi connectivity index (χ1v) is 8.48. The normalized spacial score (nSPS) is 18.0. The molecular weight excluding hydrogens is 294 g/mol. The van der Waals surface area contributed by atoms with E-state index in [9.17, 15) is 13.6 Å². The van der Waals surface area contributed by atoms with E-state index in [4.69, 9.17) is 0 Å². The molecule has 2 rings (SSSR count). The number of carbonyl (C=O) groups excluding carboxylic acids is 1. The third-order valence-corrected chi connectivity index (χ3v) is 4.26. The number of hydrogen-bond donors (Lipinski definition) is 1. The maximum absolute atomic E-state index is 13.7. The van der Waals surface area contributed by atoms with Crippen molar-refractivity contribution in [2.45, 2.75) is 25.3 Å². The van der Waals surface area contributed by atoms with Crippen molar-refractivity contribution >= 4 is 23.4 Å². The van der Waals surface area contributed by atoms with Gasteiger partial charge in [0.15, 0.2) is 0 Å². The average molecular weight is 314 g/mol. The molecule has 1 heterocycles. The van der Waals surface area contributed by atoms with Gasteiger partial charge in [-0.05, 0) is 37.0 Å². The number of para-hydroxylation sites is 1. The lowest BCUT2D eigenvalue weighted by atomic mass is 10.2. The molecule has 1 amide bonds. The Balaban J connectivity index is 1.87. The summed E-state index contributed by atoms with van der Waals surface area (Å²) >= 11 is 1.72. The largest absolute Gasteiger partial charge is 0.365 e. The van der Waals surface area contributed by atoms with Crippen LogP contribution >= 0.6 is 11.8 Å². The quantitative estimate of drug-likeness (QED) is 0.820. The van der Waals surface area contributed by atoms with Gasteiger partial charge in [0.2, 0.25) is 5.91 Å². The van der Waals surface area contributed by atoms with Gasteiger partial charge in [0, 0.05) is 25.6 Å². The van der Waals surface area contributed by atoms with Gasteiger partial charge in [-0.2, -0.15) is 11.8 Å². The minimum Gasteiger partial charge on any atom is -0.365 e. The smallest absolute Gasteiger partial charge is 0.220 e. The van der Waals surface area contributed by atoms with E-state index in [2.05, 4.69) is 5.32 Å². The summed E-state index contributed by atoms with van der Waals surface area (Å²) in [5, 5.41) is 2.94. The van der Waals surface area contributed by atoms with Crippen molar-refractivity contribution in [3.63, 3.8) is 0 Å². The fourth-order valence-electron chi connectivity index (χ4n) is 2.55. The van der Waals surface area contributed by atoms with E-state index in [-0.39, 0.29) is 17.6 Å². The molecule has 0 bridgehead atoms. The molecule has 6 heteroatoms. The number of benzene rings is 1. The van der Waals surface area contributed by atoms with Crippen LogP contribution < -0.4 is 10.2 Å². The highest BCUT2D eigenvalue weighted by Gasteiger charge is 2.27. The van der Waals surface area contributed by atoms with Gasteiger partial charge in [0.1, 0.15) is 17.3 Å². The van der Waals surface area contributed by atoms with Gasteiger partial charge < -0.3 is 10.2 Å². The summed E-state index contributed by atoms with van der Waals surface area (Å²) in [4.78, 5) is 13.4. The zero-order chi connectivity index (χ0) is 15.2. The van der Waals surface area contributed by atoms with Gasteiger partial charge in [-0.15, -0.1) is 0 Å². The average Bonchev–Trinajstić information content (AvgIpc) is 2.87. The highest BCUT2D eigenvalue weighted by Crippen LogP contribution is 2.26. The monoisotopic (exact) mass is 314 g/mol. The topological polar surface area (TPSA) is 32.3 Å². The molecule has 1 aromatic carbocycles. The molecule has 0 aliphatic carbocycles. The second-order valence-electron chi connectivity index (χ2n) is 5.17. The minimum atomic E-state index is -0.554. The van der Waals surface area contributed by atoms with Crippen molar-refractivity contribution in [3.8, 4) is 0 Å². The van der Waals surface area contributed by atoms with Crippen molar-refractivity contribution < 1.29 is 13.6 Å². The molecule has 1 saturated heterocycles. The molecule has 1 aromatic rings. The standard InChI is InChI=1S/C15H20F2N2OS/c1-21-9-3-6-14(20)18-11-7-8-19(10-11)15-12(16)4-2-5-13(15)17/h2,4-5,11H,3,6-10H2,1H3,(H,18,20)/t11-/m1/s1. The highest BCUT2D eigenvalue weighted by molar-refractivity contribution is 7.98. The minimum absolute atomic E-state index is 0.0108. The maximum Gasteiger partial charge on any atom is 0.220 e. The number of nitrogens with one attached hydrogen (secondary N) is 1. The first kappa shape index (κ1) is 16.1. The number of nitrogens with zero attached hydrogens (tertiary/aromatic N) is 1. The van der Waals surface area contributed by atoms with Crippen LogP contribution in [0.2, 0.25) is 0 Å². The highest BCUT2D eigenvalue weighted by atomic mass is 32.2. The summed E-state index contributed by atoms with van der Waals surface area (Å²) in [5.41, 5.74) is 0.0108. The molecule has 0 spiro atoms. The first-order valence-electron chi connectivity index (χ1n) is 7.09. The van der Waals surface area contributed by atoms with Crippen molar-refractivity contribution in [2.24, 2.45) is 0 Å². The molecular formula is C15H20F2N2OS. The maximum atomic E-state index is 13.7. The summed E-state index contributed by atoms with van der Waals surface area (Å²) < 4.78 is 27.5. The molecule has 3 nitrogen and oxygen atoms in total. The van der Waals surface area contributed by atoms with Crippen molar-refractivity contribution in [1.82, 2.24) is 5.32 Å². The number of amides is 1. The van der Waals surface area contributed by atoms with Crippen LogP contribution in [-0.2, 0) is 4.79 Å². The second kappa shape index (κ2) is 7.64. The number of anilines is 1. The first-order chi connectivity index (χ1) is 10.1. The van der Waals surface area contributed by atoms with Crippen LogP contribution in [0, 0.1) is 11.6 Å². The van der Waals surface area contributed by atoms with Crippen LogP contribution in [0.15, 0.2) is 18.2 Å². The van der Waals surface area contributed by atoms with Crippen molar-refractivity contribution in [2.75, 3.05) is 30.0 Å². The lowest BCUT2D eigenvalue weighted by Gasteiger charge is -2.20. The number of halogens is 2. The fraction of sp³-hybridized carbons (Fsp3) is 0.533. The number of carbonyl (C=O) groups is 1. The zero-order valence-electron chi connectivity index (χ0n) is 12.1. The zero-order valence-corrected chi connectivity index (χ0v) is 12.9. The Morgan fingerprint density at radius 3 is 2.81 bits per heavy atom. The number of thioether (sulfide) groups is 1. The molecule has 1 fully saturated rings. The van der Waals surface area contributed by atoms with E-state index in [1.807, 2.05) is 6.26 Å². The van der Waals surface area contributed by atoms with Gasteiger partial charge >= 0.3 is 0 Å². The van der Waals surface area contributed by atoms with Crippen LogP contribution in [0.3, 0.4) is 0 Å². The molecule has 1 atom stereocenters. The van der Waals surface area contributed by atoms with E-state index in [0.29, 0.717) is 25.9 Å². The van der Waals surface area contributed by atoms with Crippen LogP contribution in [0.1, 0.15) is 19.3 Å². The van der Waals surface area contributed by atoms with E-state index in [1.165, 1.54) is 18.2 Å². The predicted octanol–water partition coefficient (Wildman–Crippen LogP) is 2.80. The Labute approximate surface area is 128 Å². The summed E-state index contributed by atoms with van der Waals surface area (Å²) in [7, 11) is 0. The lowest BCUT2D eigenvalue weighted by Crippen LogP contribution is -2.37. The van der Waals surface area contributed by atoms with Gasteiger partial charge in [0.05, 0.1) is 0 Å². The Morgan fingerprint density at radius 1 is 1.43 bits per heavy atom. The van der Waals surface area contributed by atoms with Crippen LogP contribution in [0.4, 0.5) is 14.5 Å². The van der Waals surface area contributed by atoms with E-state index in [0.717, 1.165) is 12.2 Å². The molecule has 0 unspecified atom stereocenters. The van der Waals surface area contributed by atoms with E-state index < -0.39 is 11.6 Å². The van der Waals surface area contributed by atoms with Crippen molar-refractivity contribution in [3.05, 3.63) is 29.8 Å². The third-order valence-electron chi connectivity index (χ3n) is 3.56. The SMILES string of the molecule is CSCCCC(=O)N[C@@H]1CCN(c2c(F)cccc2F)C1. The van der Waals surface area contributed by atoms with E-state index >= 15 is 0 Å². The Kier molecular flexibility index (Phi) is 5.85. The third kappa shape index (κ3) is 4.33. The number of hydrogen-bond acceptors (Lipinski definition) is 3. The van der Waals surface area contributed by atoms with Crippen molar-refractivity contribution in [1.29, 1.82) is 0 Å². The van der Waals surface area contributed by atoms with Gasteiger partial charge in [-0.3, -0.25) is 4.79 Å². The summed E-state index contributed by atoms with van der Waals surface area (Å²) in [6.45, 7) is 1.000. The lowest BCUT2D eigenvalue weighted by molar-refractivity contribution is -0.121. The Hall–Kier alpha value is -1.30. The van der Waals surface area contributed by atoms with Gasteiger partial charge in [0.25, 0.3) is 0 Å². The molecule has 0 saturated carbocycles. The summed E-state index contributed by atoms with van der Waals surface area (Å²) in [6.07, 6.45) is 4.08. The molecule has 0 aromatic heterocycles. The molecule has 116 valence electrons. The summed E-state index contributed by atoms with van der Waals surface area (Å²) in [6, 6.07) is 3.83.